The quantitative estimate of drug-likeness (QED) is 0.594. The molecule has 1 rings (SSSR count). The number of hydrogen-bond donors (Lipinski definition) is 1. The predicted octanol–water partition coefficient (Wildman–Crippen LogP) is 1.26. The van der Waals surface area contributed by atoms with Crippen molar-refractivity contribution in [1.29, 1.82) is 0 Å². The molecule has 1 N–H and O–H groups in total. The van der Waals surface area contributed by atoms with E-state index in [9.17, 15) is 9.90 Å². The standard InChI is InChI=1S/C13H22O5/c1-5-17-12(15)7-13(16-4)6-10(9(2)3)11(14)8-18-13/h10-11,14H,2,5-8H2,1,3-4H3/t10-,11+,13+/m0/s1. The van der Waals surface area contributed by atoms with Gasteiger partial charge in [0.1, 0.15) is 0 Å². The number of ether oxygens (including phenoxy) is 3. The molecule has 0 saturated carbocycles. The van der Waals surface area contributed by atoms with Crippen LogP contribution in [0.4, 0.5) is 0 Å². The summed E-state index contributed by atoms with van der Waals surface area (Å²) in [5, 5.41) is 9.85. The third kappa shape index (κ3) is 3.54. The molecule has 0 radical (unpaired) electrons. The van der Waals surface area contributed by atoms with Crippen LogP contribution in [-0.2, 0) is 19.0 Å². The molecule has 1 aliphatic rings. The van der Waals surface area contributed by atoms with Crippen LogP contribution >= 0.6 is 0 Å². The number of aliphatic hydroxyl groups is 1. The molecule has 1 fully saturated rings. The molecule has 0 bridgehead atoms. The largest absolute Gasteiger partial charge is 0.466 e. The monoisotopic (exact) mass is 258 g/mol. The van der Waals surface area contributed by atoms with Crippen molar-refractivity contribution in [1.82, 2.24) is 0 Å². The van der Waals surface area contributed by atoms with Crippen LogP contribution < -0.4 is 0 Å². The molecule has 0 aromatic carbocycles. The molecule has 0 aromatic heterocycles. The van der Waals surface area contributed by atoms with Gasteiger partial charge in [-0.05, 0) is 13.8 Å². The predicted molar refractivity (Wildman–Crippen MR) is 65.9 cm³/mol. The molecule has 0 spiro atoms. The fourth-order valence-electron chi connectivity index (χ4n) is 2.16. The van der Waals surface area contributed by atoms with E-state index in [2.05, 4.69) is 6.58 Å². The van der Waals surface area contributed by atoms with Crippen LogP contribution in [0.15, 0.2) is 12.2 Å². The van der Waals surface area contributed by atoms with Crippen molar-refractivity contribution in [3.63, 3.8) is 0 Å². The summed E-state index contributed by atoms with van der Waals surface area (Å²) in [5.41, 5.74) is 0.857. The first-order valence-corrected chi connectivity index (χ1v) is 6.12. The highest BCUT2D eigenvalue weighted by molar-refractivity contribution is 5.70. The Morgan fingerprint density at radius 3 is 2.78 bits per heavy atom. The van der Waals surface area contributed by atoms with Gasteiger partial charge in [0.05, 0.1) is 25.7 Å². The Bertz CT molecular complexity index is 315. The van der Waals surface area contributed by atoms with Crippen LogP contribution in [-0.4, -0.2) is 43.3 Å². The number of esters is 1. The van der Waals surface area contributed by atoms with E-state index < -0.39 is 11.9 Å². The Hall–Kier alpha value is -0.910. The van der Waals surface area contributed by atoms with Crippen LogP contribution in [0.3, 0.4) is 0 Å². The van der Waals surface area contributed by atoms with Crippen LogP contribution in [0.1, 0.15) is 26.7 Å². The van der Waals surface area contributed by atoms with Crippen molar-refractivity contribution in [2.75, 3.05) is 20.3 Å². The maximum absolute atomic E-state index is 11.6. The molecule has 5 heteroatoms. The van der Waals surface area contributed by atoms with Gasteiger partial charge in [0.2, 0.25) is 0 Å². The minimum Gasteiger partial charge on any atom is -0.466 e. The fraction of sp³-hybridized carbons (Fsp3) is 0.769. The molecule has 5 nitrogen and oxygen atoms in total. The van der Waals surface area contributed by atoms with Crippen molar-refractivity contribution in [2.24, 2.45) is 5.92 Å². The van der Waals surface area contributed by atoms with E-state index in [4.69, 9.17) is 14.2 Å². The average molecular weight is 258 g/mol. The second-order valence-corrected chi connectivity index (χ2v) is 4.63. The third-order valence-corrected chi connectivity index (χ3v) is 3.24. The summed E-state index contributed by atoms with van der Waals surface area (Å²) in [6.45, 7) is 7.91. The summed E-state index contributed by atoms with van der Waals surface area (Å²) in [6.07, 6.45) is -0.180. The van der Waals surface area contributed by atoms with Crippen molar-refractivity contribution in [3.05, 3.63) is 12.2 Å². The van der Waals surface area contributed by atoms with E-state index in [1.165, 1.54) is 7.11 Å². The fourth-order valence-corrected chi connectivity index (χ4v) is 2.16. The Morgan fingerprint density at radius 2 is 2.28 bits per heavy atom. The average Bonchev–Trinajstić information content (AvgIpc) is 2.32. The highest BCUT2D eigenvalue weighted by atomic mass is 16.7. The number of carbonyl (C=O) groups is 1. The van der Waals surface area contributed by atoms with Gasteiger partial charge in [-0.1, -0.05) is 12.2 Å². The summed E-state index contributed by atoms with van der Waals surface area (Å²) in [4.78, 5) is 11.6. The Labute approximate surface area is 108 Å². The van der Waals surface area contributed by atoms with Gasteiger partial charge in [0, 0.05) is 19.4 Å². The van der Waals surface area contributed by atoms with Gasteiger partial charge >= 0.3 is 5.97 Å². The Kier molecular flexibility index (Phi) is 5.31. The molecule has 1 heterocycles. The number of aliphatic hydroxyl groups excluding tert-OH is 1. The zero-order chi connectivity index (χ0) is 13.8. The zero-order valence-electron chi connectivity index (χ0n) is 11.3. The van der Waals surface area contributed by atoms with E-state index in [1.54, 1.807) is 6.92 Å². The first-order valence-electron chi connectivity index (χ1n) is 6.12. The molecular weight excluding hydrogens is 236 g/mol. The lowest BCUT2D eigenvalue weighted by Crippen LogP contribution is -2.49. The SMILES string of the molecule is C=C(C)[C@@H]1C[C@@](CC(=O)OCC)(OC)OC[C@H]1O. The Balaban J connectivity index is 2.75. The van der Waals surface area contributed by atoms with Crippen molar-refractivity contribution < 1.29 is 24.1 Å². The van der Waals surface area contributed by atoms with Gasteiger partial charge in [-0.25, -0.2) is 0 Å². The number of carbonyl (C=O) groups excluding carboxylic acids is 1. The number of methoxy groups -OCH3 is 1. The number of hydrogen-bond acceptors (Lipinski definition) is 5. The Morgan fingerprint density at radius 1 is 1.61 bits per heavy atom. The van der Waals surface area contributed by atoms with Gasteiger partial charge in [0.25, 0.3) is 0 Å². The third-order valence-electron chi connectivity index (χ3n) is 3.24. The van der Waals surface area contributed by atoms with Gasteiger partial charge in [-0.2, -0.15) is 0 Å². The molecule has 1 aliphatic heterocycles. The van der Waals surface area contributed by atoms with E-state index in [0.717, 1.165) is 5.57 Å². The van der Waals surface area contributed by atoms with Crippen LogP contribution in [0.2, 0.25) is 0 Å². The summed E-state index contributed by atoms with van der Waals surface area (Å²) < 4.78 is 15.8. The molecular formula is C13H22O5. The number of rotatable bonds is 5. The smallest absolute Gasteiger partial charge is 0.311 e. The summed E-state index contributed by atoms with van der Waals surface area (Å²) in [7, 11) is 1.49. The van der Waals surface area contributed by atoms with E-state index in [-0.39, 0.29) is 24.9 Å². The lowest BCUT2D eigenvalue weighted by atomic mass is 9.85. The van der Waals surface area contributed by atoms with Crippen molar-refractivity contribution in [3.8, 4) is 0 Å². The van der Waals surface area contributed by atoms with E-state index in [1.807, 2.05) is 6.92 Å². The second kappa shape index (κ2) is 6.31. The first-order chi connectivity index (χ1) is 8.44. The highest BCUT2D eigenvalue weighted by Crippen LogP contribution is 2.36. The van der Waals surface area contributed by atoms with Crippen LogP contribution in [0, 0.1) is 5.92 Å². The van der Waals surface area contributed by atoms with Gasteiger partial charge in [0.15, 0.2) is 5.79 Å². The molecule has 18 heavy (non-hydrogen) atoms. The van der Waals surface area contributed by atoms with Crippen LogP contribution in [0.5, 0.6) is 0 Å². The summed E-state index contributed by atoms with van der Waals surface area (Å²) in [5.74, 6) is -1.51. The topological polar surface area (TPSA) is 65.0 Å². The lowest BCUT2D eigenvalue weighted by molar-refractivity contribution is -0.272. The summed E-state index contributed by atoms with van der Waals surface area (Å²) in [6, 6.07) is 0. The molecule has 1 saturated heterocycles. The maximum Gasteiger partial charge on any atom is 0.311 e. The molecule has 0 aromatic rings. The minimum atomic E-state index is -1.02. The second-order valence-electron chi connectivity index (χ2n) is 4.63. The highest BCUT2D eigenvalue weighted by Gasteiger charge is 2.43. The maximum atomic E-state index is 11.6. The first kappa shape index (κ1) is 15.1. The zero-order valence-corrected chi connectivity index (χ0v) is 11.3. The molecule has 0 unspecified atom stereocenters. The minimum absolute atomic E-state index is 0.0217. The summed E-state index contributed by atoms with van der Waals surface area (Å²) >= 11 is 0. The van der Waals surface area contributed by atoms with Gasteiger partial charge in [-0.15, -0.1) is 0 Å². The normalized spacial score (nSPS) is 32.0. The van der Waals surface area contributed by atoms with Gasteiger partial charge in [-0.3, -0.25) is 4.79 Å². The molecule has 104 valence electrons. The van der Waals surface area contributed by atoms with E-state index >= 15 is 0 Å². The van der Waals surface area contributed by atoms with Crippen molar-refractivity contribution >= 4 is 5.97 Å². The molecule has 0 amide bonds. The molecule has 3 atom stereocenters. The van der Waals surface area contributed by atoms with E-state index in [0.29, 0.717) is 13.0 Å². The lowest BCUT2D eigenvalue weighted by Gasteiger charge is -2.41. The molecule has 0 aliphatic carbocycles. The van der Waals surface area contributed by atoms with Crippen molar-refractivity contribution in [2.45, 2.75) is 38.6 Å². The van der Waals surface area contributed by atoms with Gasteiger partial charge < -0.3 is 19.3 Å². The van der Waals surface area contributed by atoms with Crippen LogP contribution in [0.25, 0.3) is 0 Å².